The summed E-state index contributed by atoms with van der Waals surface area (Å²) in [6.07, 6.45) is 1.69. The average Bonchev–Trinajstić information content (AvgIpc) is 3.70. The van der Waals surface area contributed by atoms with Gasteiger partial charge in [-0.1, -0.05) is 41.9 Å². The molecule has 49 heavy (non-hydrogen) atoms. The quantitative estimate of drug-likeness (QED) is 0.208. The molecule has 1 saturated heterocycles. The average molecular weight is 694 g/mol. The molecule has 1 amide bonds. The van der Waals surface area contributed by atoms with Crippen molar-refractivity contribution in [2.75, 3.05) is 6.54 Å². The summed E-state index contributed by atoms with van der Waals surface area (Å²) in [7, 11) is 1.36. The van der Waals surface area contributed by atoms with E-state index < -0.39 is 68.4 Å². The van der Waals surface area contributed by atoms with Gasteiger partial charge >= 0.3 is 17.6 Å². The largest absolute Gasteiger partial charge is 0.480 e. The molecule has 14 heteroatoms. The third-order valence-electron chi connectivity index (χ3n) is 8.85. The molecule has 7 rings (SSSR count). The Morgan fingerprint density at radius 2 is 1.80 bits per heavy atom. The summed E-state index contributed by atoms with van der Waals surface area (Å²) < 4.78 is 57.3. The number of carbonyl (C=O) groups excluding carboxylic acids is 1. The molecule has 0 saturated carbocycles. The van der Waals surface area contributed by atoms with Gasteiger partial charge in [0.25, 0.3) is 0 Å². The summed E-state index contributed by atoms with van der Waals surface area (Å²) in [5.74, 6) is -5.26. The highest BCUT2D eigenvalue weighted by molar-refractivity contribution is 6.34. The van der Waals surface area contributed by atoms with Crippen LogP contribution in [0, 0.1) is 11.6 Å². The maximum Gasteiger partial charge on any atom is 0.410 e. The molecule has 0 unspecified atom stereocenters. The molecule has 1 aromatic heterocycles. The number of halogens is 3. The molecule has 2 atom stereocenters. The molecule has 3 aliphatic heterocycles. The van der Waals surface area contributed by atoms with E-state index in [1.165, 1.54) is 13.2 Å². The summed E-state index contributed by atoms with van der Waals surface area (Å²) in [6.45, 7) is 5.65. The second kappa shape index (κ2) is 11.5. The highest BCUT2D eigenvalue weighted by Crippen LogP contribution is 2.55. The van der Waals surface area contributed by atoms with Crippen LogP contribution in [0.15, 0.2) is 53.5 Å². The van der Waals surface area contributed by atoms with E-state index in [0.29, 0.717) is 24.9 Å². The predicted molar refractivity (Wildman–Crippen MR) is 172 cm³/mol. The Labute approximate surface area is 283 Å². The molecule has 0 spiro atoms. The second-order valence-electron chi connectivity index (χ2n) is 13.1. The van der Waals surface area contributed by atoms with Gasteiger partial charge in [0.2, 0.25) is 11.5 Å². The Morgan fingerprint density at radius 1 is 1.06 bits per heavy atom. The van der Waals surface area contributed by atoms with Gasteiger partial charge in [-0.3, -0.25) is 4.79 Å². The number of aromatic nitrogens is 2. The summed E-state index contributed by atoms with van der Waals surface area (Å²) in [5, 5.41) is 13.6. The lowest BCUT2D eigenvalue weighted by atomic mass is 9.79. The van der Waals surface area contributed by atoms with Crippen molar-refractivity contribution in [1.29, 1.82) is 0 Å². The molecule has 1 N–H and O–H groups in total. The van der Waals surface area contributed by atoms with Gasteiger partial charge in [0, 0.05) is 48.8 Å². The Bertz CT molecular complexity index is 2120. The fraction of sp³-hybridized carbons (Fsp3) is 0.314. The van der Waals surface area contributed by atoms with Gasteiger partial charge in [-0.05, 0) is 39.2 Å². The Kier molecular flexibility index (Phi) is 7.58. The molecule has 0 bridgehead atoms. The molecular weight excluding hydrogens is 664 g/mol. The summed E-state index contributed by atoms with van der Waals surface area (Å²) >= 11 is 6.61. The van der Waals surface area contributed by atoms with E-state index in [1.54, 1.807) is 37.8 Å². The van der Waals surface area contributed by atoms with Crippen molar-refractivity contribution in [3.05, 3.63) is 92.4 Å². The van der Waals surface area contributed by atoms with Crippen molar-refractivity contribution in [2.45, 2.75) is 57.3 Å². The first-order chi connectivity index (χ1) is 23.2. The number of hydrogen-bond acceptors (Lipinski definition) is 8. The van der Waals surface area contributed by atoms with Crippen molar-refractivity contribution in [3.63, 3.8) is 0 Å². The number of carbonyl (C=O) groups is 2. The number of ether oxygens (including phenoxy) is 4. The van der Waals surface area contributed by atoms with E-state index in [4.69, 9.17) is 30.5 Å². The molecule has 11 nitrogen and oxygen atoms in total. The van der Waals surface area contributed by atoms with E-state index in [-0.39, 0.29) is 40.5 Å². The first-order valence-corrected chi connectivity index (χ1v) is 15.8. The zero-order valence-electron chi connectivity index (χ0n) is 26.8. The van der Waals surface area contributed by atoms with E-state index in [9.17, 15) is 19.5 Å². The molecule has 0 aliphatic carbocycles. The number of fused-ring (bicyclic) bond motifs is 3. The molecule has 4 aromatic rings. The Morgan fingerprint density at radius 3 is 2.49 bits per heavy atom. The minimum atomic E-state index is -1.57. The van der Waals surface area contributed by atoms with Crippen LogP contribution in [0.2, 0.25) is 5.02 Å². The monoisotopic (exact) mass is 693 g/mol. The van der Waals surface area contributed by atoms with Crippen molar-refractivity contribution < 1.29 is 42.4 Å². The highest BCUT2D eigenvalue weighted by atomic mass is 35.5. The van der Waals surface area contributed by atoms with Crippen LogP contribution in [0.5, 0.6) is 28.7 Å². The number of aromatic carboxylic acids is 1. The van der Waals surface area contributed by atoms with Crippen LogP contribution in [0.1, 0.15) is 55.1 Å². The van der Waals surface area contributed by atoms with Gasteiger partial charge in [-0.25, -0.2) is 23.1 Å². The Hall–Kier alpha value is -5.17. The summed E-state index contributed by atoms with van der Waals surface area (Å²) in [4.78, 5) is 40.6. The standard InChI is InChI=1S/C35H30ClF2N3O8/c1-34(2,3)49-33(45)41-12-8-11-24(41)35(17-9-6-5-7-10-17)15-19-21(48-35)14-20(37)27(36)25(19)26-18(32(43)44)13-22-29(28(26)38)47-30-23(46-22)16-39-40(4)31(30)42/h5-7,9-10,13-14,16,24H,8,11-12,15H2,1-4H3,(H,43,44)/t24-,35-/m0/s1. The van der Waals surface area contributed by atoms with Gasteiger partial charge in [-0.15, -0.1) is 0 Å². The number of likely N-dealkylation sites (tertiary alicyclic amines) is 1. The maximum absolute atomic E-state index is 16.8. The van der Waals surface area contributed by atoms with Crippen LogP contribution in [0.4, 0.5) is 13.6 Å². The molecular formula is C35H30ClF2N3O8. The van der Waals surface area contributed by atoms with E-state index in [0.717, 1.165) is 16.8 Å². The van der Waals surface area contributed by atoms with Crippen LogP contribution < -0.4 is 19.8 Å². The topological polar surface area (TPSA) is 129 Å². The molecule has 3 aliphatic rings. The summed E-state index contributed by atoms with van der Waals surface area (Å²) in [6, 6.07) is 10.5. The molecule has 4 heterocycles. The lowest BCUT2D eigenvalue weighted by molar-refractivity contribution is -0.0216. The number of nitrogens with zero attached hydrogens (tertiary/aromatic N) is 3. The SMILES string of the molecule is Cn1ncc2c(c1=O)Oc1c(cc(C(=O)O)c(-c3c(Cl)c(F)cc4c3C[C@](c3ccccc3)([C@@H]3CCCN3C(=O)OC(C)(C)C)O4)c1F)O2. The first kappa shape index (κ1) is 32.4. The van der Waals surface area contributed by atoms with Crippen molar-refractivity contribution in [2.24, 2.45) is 7.05 Å². The number of rotatable bonds is 4. The maximum atomic E-state index is 16.8. The van der Waals surface area contributed by atoms with E-state index >= 15 is 8.78 Å². The van der Waals surface area contributed by atoms with Gasteiger partial charge < -0.3 is 29.0 Å². The van der Waals surface area contributed by atoms with Crippen LogP contribution in [-0.2, 0) is 23.8 Å². The highest BCUT2D eigenvalue weighted by Gasteiger charge is 2.54. The molecule has 1 fully saturated rings. The van der Waals surface area contributed by atoms with E-state index in [1.807, 2.05) is 18.2 Å². The predicted octanol–water partition coefficient (Wildman–Crippen LogP) is 7.21. The second-order valence-corrected chi connectivity index (χ2v) is 13.5. The van der Waals surface area contributed by atoms with Crippen LogP contribution in [0.25, 0.3) is 11.1 Å². The first-order valence-electron chi connectivity index (χ1n) is 15.5. The zero-order chi connectivity index (χ0) is 35.0. The van der Waals surface area contributed by atoms with Gasteiger partial charge in [0.15, 0.2) is 22.9 Å². The normalized spacial score (nSPS) is 19.2. The van der Waals surface area contributed by atoms with Gasteiger partial charge in [0.05, 0.1) is 22.8 Å². The zero-order valence-corrected chi connectivity index (χ0v) is 27.6. The van der Waals surface area contributed by atoms with Crippen molar-refractivity contribution >= 4 is 23.7 Å². The van der Waals surface area contributed by atoms with Crippen LogP contribution in [0.3, 0.4) is 0 Å². The molecule has 0 radical (unpaired) electrons. The number of hydrogen-bond donors (Lipinski definition) is 1. The number of carboxylic acid groups (broad SMARTS) is 1. The fourth-order valence-corrected chi connectivity index (χ4v) is 7.06. The number of carboxylic acids is 1. The van der Waals surface area contributed by atoms with Gasteiger partial charge in [0.1, 0.15) is 17.2 Å². The smallest absolute Gasteiger partial charge is 0.410 e. The summed E-state index contributed by atoms with van der Waals surface area (Å²) in [5.41, 5.74) is -3.45. The third-order valence-corrected chi connectivity index (χ3v) is 9.22. The molecule has 254 valence electrons. The number of aryl methyl sites for hydroxylation is 1. The number of benzene rings is 3. The van der Waals surface area contributed by atoms with E-state index in [2.05, 4.69) is 5.10 Å². The minimum Gasteiger partial charge on any atom is -0.480 e. The number of amides is 1. The van der Waals surface area contributed by atoms with Crippen molar-refractivity contribution in [3.8, 4) is 39.9 Å². The van der Waals surface area contributed by atoms with Crippen LogP contribution >= 0.6 is 11.6 Å². The minimum absolute atomic E-state index is 0.00675. The lowest BCUT2D eigenvalue weighted by Crippen LogP contribution is -2.53. The van der Waals surface area contributed by atoms with Crippen LogP contribution in [-0.4, -0.2) is 50.0 Å². The third kappa shape index (κ3) is 5.23. The molecule has 3 aromatic carbocycles. The van der Waals surface area contributed by atoms with Crippen molar-refractivity contribution in [1.82, 2.24) is 14.7 Å². The van der Waals surface area contributed by atoms with Gasteiger partial charge in [-0.2, -0.15) is 5.10 Å². The fourth-order valence-electron chi connectivity index (χ4n) is 6.80. The lowest BCUT2D eigenvalue weighted by Gasteiger charge is -2.40. The Balaban J connectivity index is 1.42.